The zero-order valence-electron chi connectivity index (χ0n) is 21.3. The van der Waals surface area contributed by atoms with Crippen molar-refractivity contribution in [3.05, 3.63) is 53.1 Å². The van der Waals surface area contributed by atoms with E-state index in [1.54, 1.807) is 38.1 Å². The van der Waals surface area contributed by atoms with Crippen molar-refractivity contribution in [3.63, 3.8) is 0 Å². The van der Waals surface area contributed by atoms with Crippen LogP contribution in [0.5, 0.6) is 5.75 Å². The van der Waals surface area contributed by atoms with E-state index in [0.29, 0.717) is 35.4 Å². The predicted octanol–water partition coefficient (Wildman–Crippen LogP) is 3.90. The summed E-state index contributed by atoms with van der Waals surface area (Å²) in [4.78, 5) is 27.8. The average Bonchev–Trinajstić information content (AvgIpc) is 2.85. The molecule has 2 aromatic rings. The van der Waals surface area contributed by atoms with E-state index in [2.05, 4.69) is 0 Å². The number of nitrogens with zero attached hydrogens (tertiary/aromatic N) is 2. The maximum atomic E-state index is 14.1. The highest BCUT2D eigenvalue weighted by Gasteiger charge is 2.39. The molecule has 0 bridgehead atoms. The minimum atomic E-state index is -3.96. The number of sulfonamides is 1. The number of fused-ring (bicyclic) bond motifs is 1. The lowest BCUT2D eigenvalue weighted by Gasteiger charge is -2.37. The number of hydrogen-bond acceptors (Lipinski definition) is 6. The molecule has 9 heteroatoms. The van der Waals surface area contributed by atoms with Crippen molar-refractivity contribution in [2.75, 3.05) is 25.1 Å². The molecule has 2 aromatic carbocycles. The zero-order chi connectivity index (χ0) is 26.0. The molecule has 0 aromatic heterocycles. The van der Waals surface area contributed by atoms with E-state index in [-0.39, 0.29) is 24.0 Å². The molecule has 2 aliphatic rings. The van der Waals surface area contributed by atoms with Crippen molar-refractivity contribution in [2.24, 2.45) is 0 Å². The van der Waals surface area contributed by atoms with E-state index in [1.807, 2.05) is 19.1 Å². The van der Waals surface area contributed by atoms with E-state index in [9.17, 15) is 18.0 Å². The van der Waals surface area contributed by atoms with Crippen LogP contribution in [0.4, 0.5) is 5.69 Å². The van der Waals surface area contributed by atoms with Gasteiger partial charge in [0, 0.05) is 6.04 Å². The molecule has 0 spiro atoms. The monoisotopic (exact) mass is 514 g/mol. The van der Waals surface area contributed by atoms with Gasteiger partial charge in [-0.05, 0) is 56.9 Å². The number of aryl methyl sites for hydroxylation is 3. The molecule has 4 rings (SSSR count). The first-order valence-corrected chi connectivity index (χ1v) is 13.8. The molecule has 194 valence electrons. The number of carbonyl (C=O) groups excluding carboxylic acids is 2. The summed E-state index contributed by atoms with van der Waals surface area (Å²) < 4.78 is 40.3. The van der Waals surface area contributed by atoms with E-state index in [4.69, 9.17) is 9.47 Å². The molecule has 1 atom stereocenters. The summed E-state index contributed by atoms with van der Waals surface area (Å²) in [7, 11) is -2.70. The number of amides is 1. The Morgan fingerprint density at radius 3 is 2.33 bits per heavy atom. The number of hydrogen-bond donors (Lipinski definition) is 0. The van der Waals surface area contributed by atoms with Crippen molar-refractivity contribution in [1.29, 1.82) is 0 Å². The van der Waals surface area contributed by atoms with Crippen LogP contribution in [-0.4, -0.2) is 56.9 Å². The lowest BCUT2D eigenvalue weighted by Crippen LogP contribution is -2.52. The summed E-state index contributed by atoms with van der Waals surface area (Å²) in [6.07, 6.45) is 3.32. The second kappa shape index (κ2) is 10.6. The fourth-order valence-electron chi connectivity index (χ4n) is 5.41. The van der Waals surface area contributed by atoms with Crippen LogP contribution in [0, 0.1) is 20.8 Å². The van der Waals surface area contributed by atoms with Gasteiger partial charge in [0.25, 0.3) is 0 Å². The first-order valence-electron chi connectivity index (χ1n) is 12.4. The van der Waals surface area contributed by atoms with E-state index >= 15 is 0 Å². The van der Waals surface area contributed by atoms with Gasteiger partial charge in [-0.25, -0.2) is 13.2 Å². The Labute approximate surface area is 213 Å². The third-order valence-electron chi connectivity index (χ3n) is 6.98. The highest BCUT2D eigenvalue weighted by atomic mass is 32.2. The molecule has 1 heterocycles. The van der Waals surface area contributed by atoms with Gasteiger partial charge in [-0.1, -0.05) is 49.1 Å². The Balaban J connectivity index is 1.72. The number of rotatable bonds is 6. The Morgan fingerprint density at radius 1 is 1.06 bits per heavy atom. The molecule has 8 nitrogen and oxygen atoms in total. The van der Waals surface area contributed by atoms with Gasteiger partial charge in [-0.3, -0.25) is 4.79 Å². The van der Waals surface area contributed by atoms with Gasteiger partial charge in [0.1, 0.15) is 5.75 Å². The van der Waals surface area contributed by atoms with Crippen molar-refractivity contribution in [2.45, 2.75) is 69.9 Å². The fourth-order valence-corrected chi connectivity index (χ4v) is 7.46. The standard InChI is InChI=1S/C27H34N2O6S/c1-18-14-19(2)26(20(3)15-18)36(32,33)29(21-10-6-5-7-11-21)17-25(30)28-16-24(27(31)34-4)35-23-13-9-8-12-22(23)28/h8-9,12-15,21,24H,5-7,10-11,16-17H2,1-4H3/t24-/m1/s1. The minimum absolute atomic E-state index is 0.0519. The molecule has 0 unspecified atom stereocenters. The highest BCUT2D eigenvalue weighted by molar-refractivity contribution is 7.89. The summed E-state index contributed by atoms with van der Waals surface area (Å²) in [6, 6.07) is 10.4. The Hall–Kier alpha value is -2.91. The average molecular weight is 515 g/mol. The van der Waals surface area contributed by atoms with Crippen LogP contribution >= 0.6 is 0 Å². The molecule has 36 heavy (non-hydrogen) atoms. The summed E-state index contributed by atoms with van der Waals surface area (Å²) in [5, 5.41) is 0. The van der Waals surface area contributed by atoms with Gasteiger partial charge >= 0.3 is 5.97 Å². The normalized spacial score (nSPS) is 18.5. The van der Waals surface area contributed by atoms with Gasteiger partial charge in [0.05, 0.1) is 30.8 Å². The molecule has 1 saturated carbocycles. The van der Waals surface area contributed by atoms with Gasteiger partial charge in [-0.2, -0.15) is 4.31 Å². The van der Waals surface area contributed by atoms with Crippen LogP contribution in [0.3, 0.4) is 0 Å². The smallest absolute Gasteiger partial charge is 0.348 e. The number of para-hydroxylation sites is 2. The molecular weight excluding hydrogens is 480 g/mol. The number of benzene rings is 2. The lowest BCUT2D eigenvalue weighted by atomic mass is 9.95. The van der Waals surface area contributed by atoms with Crippen LogP contribution in [0.1, 0.15) is 48.8 Å². The van der Waals surface area contributed by atoms with Crippen molar-refractivity contribution in [3.8, 4) is 5.75 Å². The lowest BCUT2D eigenvalue weighted by molar-refractivity contribution is -0.148. The van der Waals surface area contributed by atoms with Crippen LogP contribution < -0.4 is 9.64 Å². The number of ether oxygens (including phenoxy) is 2. The van der Waals surface area contributed by atoms with E-state index in [0.717, 1.165) is 24.8 Å². The van der Waals surface area contributed by atoms with Crippen LogP contribution in [0.25, 0.3) is 0 Å². The molecule has 0 N–H and O–H groups in total. The number of methoxy groups -OCH3 is 1. The summed E-state index contributed by atoms with van der Waals surface area (Å²) in [6.45, 7) is 5.16. The number of anilines is 1. The first-order chi connectivity index (χ1) is 17.1. The van der Waals surface area contributed by atoms with Gasteiger partial charge < -0.3 is 14.4 Å². The maximum absolute atomic E-state index is 14.1. The first kappa shape index (κ1) is 26.2. The topological polar surface area (TPSA) is 93.2 Å². The quantitative estimate of drug-likeness (QED) is 0.543. The Kier molecular flexibility index (Phi) is 7.70. The predicted molar refractivity (Wildman–Crippen MR) is 137 cm³/mol. The maximum Gasteiger partial charge on any atom is 0.348 e. The van der Waals surface area contributed by atoms with E-state index in [1.165, 1.54) is 16.3 Å². The molecule has 0 saturated heterocycles. The Bertz CT molecular complexity index is 1230. The molecular formula is C27H34N2O6S. The number of carbonyl (C=O) groups is 2. The zero-order valence-corrected chi connectivity index (χ0v) is 22.1. The molecule has 1 aliphatic heterocycles. The number of esters is 1. The van der Waals surface area contributed by atoms with Crippen LogP contribution in [-0.2, 0) is 24.3 Å². The Morgan fingerprint density at radius 2 is 1.69 bits per heavy atom. The van der Waals surface area contributed by atoms with Crippen LogP contribution in [0.2, 0.25) is 0 Å². The molecule has 1 amide bonds. The fraction of sp³-hybridized carbons (Fsp3) is 0.481. The van der Waals surface area contributed by atoms with Gasteiger partial charge in [0.2, 0.25) is 22.0 Å². The van der Waals surface area contributed by atoms with E-state index < -0.39 is 28.0 Å². The van der Waals surface area contributed by atoms with Crippen molar-refractivity contribution >= 4 is 27.6 Å². The SMILES string of the molecule is COC(=O)[C@H]1CN(C(=O)CN(C2CCCCC2)S(=O)(=O)c2c(C)cc(C)cc2C)c2ccccc2O1. The second-order valence-electron chi connectivity index (χ2n) is 9.67. The van der Waals surface area contributed by atoms with Crippen LogP contribution in [0.15, 0.2) is 41.3 Å². The highest BCUT2D eigenvalue weighted by Crippen LogP contribution is 2.35. The molecule has 1 fully saturated rings. The van der Waals surface area contributed by atoms with Gasteiger partial charge in [0.15, 0.2) is 0 Å². The summed E-state index contributed by atoms with van der Waals surface area (Å²) >= 11 is 0. The summed E-state index contributed by atoms with van der Waals surface area (Å²) in [5.74, 6) is -0.619. The molecule has 1 aliphatic carbocycles. The van der Waals surface area contributed by atoms with Crippen molar-refractivity contribution < 1.29 is 27.5 Å². The third kappa shape index (κ3) is 5.13. The third-order valence-corrected chi connectivity index (χ3v) is 9.19. The molecule has 0 radical (unpaired) electrons. The largest absolute Gasteiger partial charge is 0.475 e. The van der Waals surface area contributed by atoms with Gasteiger partial charge in [-0.15, -0.1) is 0 Å². The summed E-state index contributed by atoms with van der Waals surface area (Å²) in [5.41, 5.74) is 2.83. The minimum Gasteiger partial charge on any atom is -0.475 e. The van der Waals surface area contributed by atoms with Crippen molar-refractivity contribution in [1.82, 2.24) is 4.31 Å². The second-order valence-corrected chi connectivity index (χ2v) is 11.5.